The van der Waals surface area contributed by atoms with Crippen LogP contribution in [0.25, 0.3) is 0 Å². The van der Waals surface area contributed by atoms with Crippen LogP contribution < -0.4 is 10.2 Å². The number of aryl methyl sites for hydroxylation is 1. The molecule has 1 N–H and O–H groups in total. The van der Waals surface area contributed by atoms with E-state index in [-0.39, 0.29) is 0 Å². The zero-order chi connectivity index (χ0) is 13.3. The summed E-state index contributed by atoms with van der Waals surface area (Å²) < 4.78 is 0. The maximum atomic E-state index is 6.39. The zero-order valence-corrected chi connectivity index (χ0v) is 12.5. The minimum Gasteiger partial charge on any atom is -0.365 e. The maximum absolute atomic E-state index is 6.39. The van der Waals surface area contributed by atoms with Gasteiger partial charge in [0.15, 0.2) is 0 Å². The van der Waals surface area contributed by atoms with E-state index in [4.69, 9.17) is 11.6 Å². The van der Waals surface area contributed by atoms with Crippen LogP contribution in [0.15, 0.2) is 18.2 Å². The third kappa shape index (κ3) is 2.65. The number of hydrogen-bond donors (Lipinski definition) is 1. The molecule has 1 fully saturated rings. The normalized spacial score (nSPS) is 24.7. The number of nitrogens with one attached hydrogen (secondary N) is 1. The van der Waals surface area contributed by atoms with E-state index in [1.807, 2.05) is 12.1 Å². The average Bonchev–Trinajstić information content (AvgIpc) is 2.30. The van der Waals surface area contributed by atoms with Crippen LogP contribution >= 0.6 is 11.6 Å². The number of nitrogens with zero attached hydrogens (tertiary/aromatic N) is 1. The highest BCUT2D eigenvalue weighted by molar-refractivity contribution is 6.33. The van der Waals surface area contributed by atoms with E-state index in [9.17, 15) is 0 Å². The van der Waals surface area contributed by atoms with Gasteiger partial charge in [-0.2, -0.15) is 0 Å². The molecule has 2 rings (SSSR count). The Morgan fingerprint density at radius 3 is 2.72 bits per heavy atom. The van der Waals surface area contributed by atoms with Gasteiger partial charge >= 0.3 is 0 Å². The van der Waals surface area contributed by atoms with Crippen LogP contribution in [0.3, 0.4) is 0 Å². The van der Waals surface area contributed by atoms with Gasteiger partial charge in [0.05, 0.1) is 10.7 Å². The molecule has 1 saturated heterocycles. The van der Waals surface area contributed by atoms with E-state index in [2.05, 4.69) is 44.0 Å². The molecule has 0 spiro atoms. The molecule has 0 aromatic heterocycles. The van der Waals surface area contributed by atoms with Crippen molar-refractivity contribution < 1.29 is 0 Å². The molecule has 1 aromatic rings. The Morgan fingerprint density at radius 1 is 1.39 bits per heavy atom. The number of halogens is 1. The lowest BCUT2D eigenvalue weighted by molar-refractivity contribution is 0.337. The molecule has 2 unspecified atom stereocenters. The number of piperazine rings is 1. The first-order chi connectivity index (χ1) is 8.50. The Kier molecular flexibility index (Phi) is 4.18. The topological polar surface area (TPSA) is 15.3 Å². The molecule has 1 aliphatic heterocycles. The highest BCUT2D eigenvalue weighted by Crippen LogP contribution is 2.32. The molecule has 0 saturated carbocycles. The molecule has 100 valence electrons. The largest absolute Gasteiger partial charge is 0.365 e. The van der Waals surface area contributed by atoms with Gasteiger partial charge in [0.25, 0.3) is 0 Å². The summed E-state index contributed by atoms with van der Waals surface area (Å²) in [5.74, 6) is 0.641. The highest BCUT2D eigenvalue weighted by atomic mass is 35.5. The minimum atomic E-state index is 0.485. The van der Waals surface area contributed by atoms with Crippen molar-refractivity contribution in [2.75, 3.05) is 18.0 Å². The summed E-state index contributed by atoms with van der Waals surface area (Å²) in [4.78, 5) is 2.46. The van der Waals surface area contributed by atoms with Crippen molar-refractivity contribution in [3.8, 4) is 0 Å². The van der Waals surface area contributed by atoms with Crippen LogP contribution in [0.2, 0.25) is 5.02 Å². The van der Waals surface area contributed by atoms with Gasteiger partial charge in [-0.05, 0) is 31.4 Å². The van der Waals surface area contributed by atoms with Crippen molar-refractivity contribution in [2.24, 2.45) is 5.92 Å². The summed E-state index contributed by atoms with van der Waals surface area (Å²) >= 11 is 6.39. The van der Waals surface area contributed by atoms with E-state index >= 15 is 0 Å². The van der Waals surface area contributed by atoms with E-state index in [1.165, 1.54) is 11.3 Å². The summed E-state index contributed by atoms with van der Waals surface area (Å²) in [6.45, 7) is 11.0. The number of anilines is 1. The van der Waals surface area contributed by atoms with Crippen molar-refractivity contribution in [3.05, 3.63) is 28.8 Å². The smallest absolute Gasteiger partial charge is 0.0642 e. The van der Waals surface area contributed by atoms with E-state index < -0.39 is 0 Å². The quantitative estimate of drug-likeness (QED) is 0.882. The van der Waals surface area contributed by atoms with Gasteiger partial charge in [0, 0.05) is 25.2 Å². The standard InChI is InChI=1S/C15H23ClN2/c1-10(2)14-9-18(12(4)8-17-14)15-11(3)6-5-7-13(15)16/h5-7,10,12,14,17H,8-9H2,1-4H3. The molecule has 3 heteroatoms. The second-order valence-corrected chi connectivity index (χ2v) is 6.07. The molecular formula is C15H23ClN2. The van der Waals surface area contributed by atoms with Crippen LogP contribution in [0.1, 0.15) is 26.3 Å². The average molecular weight is 267 g/mol. The Hall–Kier alpha value is -0.730. The van der Waals surface area contributed by atoms with Gasteiger partial charge in [0.1, 0.15) is 0 Å². The van der Waals surface area contributed by atoms with Gasteiger partial charge in [0.2, 0.25) is 0 Å². The maximum Gasteiger partial charge on any atom is 0.0642 e. The highest BCUT2D eigenvalue weighted by Gasteiger charge is 2.28. The Bertz CT molecular complexity index is 397. The Labute approximate surface area is 115 Å². The van der Waals surface area contributed by atoms with Crippen molar-refractivity contribution in [2.45, 2.75) is 39.8 Å². The van der Waals surface area contributed by atoms with Crippen LogP contribution in [-0.4, -0.2) is 25.2 Å². The number of benzene rings is 1. The second-order valence-electron chi connectivity index (χ2n) is 5.67. The van der Waals surface area contributed by atoms with E-state index in [0.717, 1.165) is 18.1 Å². The molecule has 0 radical (unpaired) electrons. The summed E-state index contributed by atoms with van der Waals surface area (Å²) in [6.07, 6.45) is 0. The molecule has 2 nitrogen and oxygen atoms in total. The number of para-hydroxylation sites is 1. The summed E-state index contributed by atoms with van der Waals surface area (Å²) in [7, 11) is 0. The zero-order valence-electron chi connectivity index (χ0n) is 11.7. The van der Waals surface area contributed by atoms with Crippen molar-refractivity contribution in [1.82, 2.24) is 5.32 Å². The first-order valence-electron chi connectivity index (χ1n) is 6.76. The Morgan fingerprint density at radius 2 is 2.11 bits per heavy atom. The van der Waals surface area contributed by atoms with Crippen molar-refractivity contribution in [1.29, 1.82) is 0 Å². The van der Waals surface area contributed by atoms with Crippen LogP contribution in [0.4, 0.5) is 5.69 Å². The molecule has 1 heterocycles. The lowest BCUT2D eigenvalue weighted by atomic mass is 9.98. The summed E-state index contributed by atoms with van der Waals surface area (Å²) in [5, 5.41) is 4.49. The van der Waals surface area contributed by atoms with Gasteiger partial charge in [-0.25, -0.2) is 0 Å². The molecule has 2 atom stereocenters. The second kappa shape index (κ2) is 5.50. The lowest BCUT2D eigenvalue weighted by Gasteiger charge is -2.42. The predicted octanol–water partition coefficient (Wildman–Crippen LogP) is 3.47. The summed E-state index contributed by atoms with van der Waals surface area (Å²) in [6, 6.07) is 7.17. The van der Waals surface area contributed by atoms with Crippen molar-refractivity contribution in [3.63, 3.8) is 0 Å². The monoisotopic (exact) mass is 266 g/mol. The third-order valence-corrected chi connectivity index (χ3v) is 4.19. The van der Waals surface area contributed by atoms with Crippen molar-refractivity contribution >= 4 is 17.3 Å². The van der Waals surface area contributed by atoms with Crippen LogP contribution in [-0.2, 0) is 0 Å². The van der Waals surface area contributed by atoms with E-state index in [0.29, 0.717) is 18.0 Å². The first-order valence-corrected chi connectivity index (χ1v) is 7.13. The SMILES string of the molecule is Cc1cccc(Cl)c1N1CC(C(C)C)NCC1C. The van der Waals surface area contributed by atoms with Gasteiger partial charge in [-0.1, -0.05) is 37.6 Å². The predicted molar refractivity (Wildman–Crippen MR) is 79.6 cm³/mol. The van der Waals surface area contributed by atoms with Gasteiger partial charge in [-0.3, -0.25) is 0 Å². The Balaban J connectivity index is 2.30. The summed E-state index contributed by atoms with van der Waals surface area (Å²) in [5.41, 5.74) is 2.47. The molecule has 0 bridgehead atoms. The minimum absolute atomic E-state index is 0.485. The van der Waals surface area contributed by atoms with Gasteiger partial charge < -0.3 is 10.2 Å². The number of rotatable bonds is 2. The van der Waals surface area contributed by atoms with Crippen LogP contribution in [0.5, 0.6) is 0 Å². The molecule has 18 heavy (non-hydrogen) atoms. The number of hydrogen-bond acceptors (Lipinski definition) is 2. The lowest BCUT2D eigenvalue weighted by Crippen LogP contribution is -2.57. The fourth-order valence-corrected chi connectivity index (χ4v) is 2.96. The molecule has 1 aliphatic rings. The first kappa shape index (κ1) is 13.7. The molecule has 0 aliphatic carbocycles. The van der Waals surface area contributed by atoms with E-state index in [1.54, 1.807) is 0 Å². The van der Waals surface area contributed by atoms with Gasteiger partial charge in [-0.15, -0.1) is 0 Å². The molecule has 0 amide bonds. The fraction of sp³-hybridized carbons (Fsp3) is 0.600. The molecule has 1 aromatic carbocycles. The fourth-order valence-electron chi connectivity index (χ4n) is 2.63. The third-order valence-electron chi connectivity index (χ3n) is 3.88. The van der Waals surface area contributed by atoms with Crippen LogP contribution in [0, 0.1) is 12.8 Å². The molecular weight excluding hydrogens is 244 g/mol.